The average Bonchev–Trinajstić information content (AvgIpc) is 2.82. The number of aryl methyl sites for hydroxylation is 1. The molecule has 1 heterocycles. The van der Waals surface area contributed by atoms with Crippen LogP contribution in [0.1, 0.15) is 21.7 Å². The molecular formula is C12H14N4O2. The highest BCUT2D eigenvalue weighted by Crippen LogP contribution is 2.10. The number of aliphatic hydroxyl groups is 1. The van der Waals surface area contributed by atoms with Crippen molar-refractivity contribution < 1.29 is 9.90 Å². The van der Waals surface area contributed by atoms with Gasteiger partial charge in [-0.15, -0.1) is 10.2 Å². The number of hydrogen-bond donors (Lipinski definition) is 2. The first-order valence-corrected chi connectivity index (χ1v) is 5.52. The lowest BCUT2D eigenvalue weighted by atomic mass is 10.2. The lowest BCUT2D eigenvalue weighted by molar-refractivity contribution is 0.0954. The summed E-state index contributed by atoms with van der Waals surface area (Å²) in [7, 11) is 1.51. The zero-order chi connectivity index (χ0) is 13.1. The van der Waals surface area contributed by atoms with Gasteiger partial charge in [0.1, 0.15) is 5.69 Å². The third kappa shape index (κ3) is 2.23. The third-order valence-electron chi connectivity index (χ3n) is 2.54. The summed E-state index contributed by atoms with van der Waals surface area (Å²) in [6.07, 6.45) is 0. The Bertz CT molecular complexity index is 560. The molecule has 0 spiro atoms. The first-order valence-electron chi connectivity index (χ1n) is 5.52. The highest BCUT2D eigenvalue weighted by atomic mass is 16.3. The Balaban J connectivity index is 2.43. The minimum Gasteiger partial charge on any atom is -0.390 e. The molecule has 94 valence electrons. The smallest absolute Gasteiger partial charge is 0.273 e. The van der Waals surface area contributed by atoms with Crippen LogP contribution >= 0.6 is 0 Å². The first-order chi connectivity index (χ1) is 8.65. The number of hydrogen-bond acceptors (Lipinski definition) is 4. The molecule has 2 aromatic rings. The minimum atomic E-state index is -0.364. The lowest BCUT2D eigenvalue weighted by Crippen LogP contribution is -2.20. The molecule has 2 rings (SSSR count). The summed E-state index contributed by atoms with van der Waals surface area (Å²) in [5.41, 5.74) is 2.26. The Morgan fingerprint density at radius 2 is 2.00 bits per heavy atom. The van der Waals surface area contributed by atoms with E-state index in [1.54, 1.807) is 0 Å². The van der Waals surface area contributed by atoms with E-state index in [0.717, 1.165) is 11.3 Å². The number of nitrogens with zero attached hydrogens (tertiary/aromatic N) is 3. The number of amides is 1. The van der Waals surface area contributed by atoms with Crippen LogP contribution in [-0.4, -0.2) is 33.1 Å². The SMILES string of the molecule is CNC(=O)c1nn(-c2ccc(C)cc2)nc1CO. The van der Waals surface area contributed by atoms with Gasteiger partial charge in [-0.05, 0) is 19.1 Å². The van der Waals surface area contributed by atoms with Crippen LogP contribution in [0.4, 0.5) is 0 Å². The number of benzene rings is 1. The van der Waals surface area contributed by atoms with Gasteiger partial charge in [0.05, 0.1) is 12.3 Å². The average molecular weight is 246 g/mol. The molecule has 0 atom stereocenters. The summed E-state index contributed by atoms with van der Waals surface area (Å²) in [5.74, 6) is -0.364. The number of aromatic nitrogens is 3. The maximum atomic E-state index is 11.6. The van der Waals surface area contributed by atoms with Crippen LogP contribution in [0.5, 0.6) is 0 Å². The van der Waals surface area contributed by atoms with Crippen molar-refractivity contribution in [2.24, 2.45) is 0 Å². The molecule has 0 radical (unpaired) electrons. The molecule has 6 nitrogen and oxygen atoms in total. The molecule has 0 aliphatic rings. The van der Waals surface area contributed by atoms with E-state index in [4.69, 9.17) is 0 Å². The van der Waals surface area contributed by atoms with Gasteiger partial charge in [-0.2, -0.15) is 4.80 Å². The van der Waals surface area contributed by atoms with E-state index < -0.39 is 0 Å². The summed E-state index contributed by atoms with van der Waals surface area (Å²) in [6, 6.07) is 7.56. The van der Waals surface area contributed by atoms with E-state index in [1.165, 1.54) is 11.8 Å². The van der Waals surface area contributed by atoms with Crippen LogP contribution in [0.2, 0.25) is 0 Å². The zero-order valence-electron chi connectivity index (χ0n) is 10.2. The number of aliphatic hydroxyl groups excluding tert-OH is 1. The molecule has 6 heteroatoms. The van der Waals surface area contributed by atoms with Crippen molar-refractivity contribution in [1.29, 1.82) is 0 Å². The predicted molar refractivity (Wildman–Crippen MR) is 65.4 cm³/mol. The number of carbonyl (C=O) groups excluding carboxylic acids is 1. The number of rotatable bonds is 3. The van der Waals surface area contributed by atoms with Crippen LogP contribution in [-0.2, 0) is 6.61 Å². The molecule has 0 saturated carbocycles. The van der Waals surface area contributed by atoms with E-state index in [2.05, 4.69) is 15.5 Å². The van der Waals surface area contributed by atoms with Crippen molar-refractivity contribution in [1.82, 2.24) is 20.3 Å². The third-order valence-corrected chi connectivity index (χ3v) is 2.54. The number of nitrogens with one attached hydrogen (secondary N) is 1. The monoisotopic (exact) mass is 246 g/mol. The Kier molecular flexibility index (Phi) is 3.38. The Morgan fingerprint density at radius 1 is 1.33 bits per heavy atom. The summed E-state index contributed by atoms with van der Waals surface area (Å²) in [4.78, 5) is 12.9. The Hall–Kier alpha value is -2.21. The molecule has 2 N–H and O–H groups in total. The van der Waals surface area contributed by atoms with Crippen molar-refractivity contribution >= 4 is 5.91 Å². The summed E-state index contributed by atoms with van der Waals surface area (Å²) >= 11 is 0. The molecular weight excluding hydrogens is 232 g/mol. The van der Waals surface area contributed by atoms with Crippen LogP contribution in [0.15, 0.2) is 24.3 Å². The molecule has 1 aromatic heterocycles. The second-order valence-electron chi connectivity index (χ2n) is 3.86. The van der Waals surface area contributed by atoms with Gasteiger partial charge >= 0.3 is 0 Å². The fourth-order valence-electron chi connectivity index (χ4n) is 1.53. The molecule has 0 bridgehead atoms. The minimum absolute atomic E-state index is 0.139. The predicted octanol–water partition coefficient (Wildman–Crippen LogP) is 0.428. The second kappa shape index (κ2) is 4.97. The van der Waals surface area contributed by atoms with Crippen LogP contribution in [0.25, 0.3) is 5.69 Å². The van der Waals surface area contributed by atoms with Gasteiger partial charge in [0.25, 0.3) is 5.91 Å². The zero-order valence-corrected chi connectivity index (χ0v) is 10.2. The van der Waals surface area contributed by atoms with E-state index in [9.17, 15) is 9.90 Å². The standard InChI is InChI=1S/C12H14N4O2/c1-8-3-5-9(6-4-8)16-14-10(7-17)11(15-16)12(18)13-2/h3-6,17H,7H2,1-2H3,(H,13,18). The summed E-state index contributed by atoms with van der Waals surface area (Å²) in [5, 5.41) is 19.8. The van der Waals surface area contributed by atoms with Gasteiger partial charge < -0.3 is 10.4 Å². The molecule has 1 amide bonds. The van der Waals surface area contributed by atoms with Crippen molar-refractivity contribution in [3.63, 3.8) is 0 Å². The topological polar surface area (TPSA) is 80.0 Å². The number of carbonyl (C=O) groups is 1. The molecule has 0 aliphatic heterocycles. The van der Waals surface area contributed by atoms with Gasteiger partial charge in [-0.3, -0.25) is 4.79 Å². The van der Waals surface area contributed by atoms with Gasteiger partial charge in [0.2, 0.25) is 0 Å². The molecule has 0 unspecified atom stereocenters. The molecule has 0 saturated heterocycles. The van der Waals surface area contributed by atoms with Gasteiger partial charge in [-0.1, -0.05) is 17.7 Å². The van der Waals surface area contributed by atoms with Crippen molar-refractivity contribution in [3.8, 4) is 5.69 Å². The van der Waals surface area contributed by atoms with E-state index in [-0.39, 0.29) is 23.9 Å². The first kappa shape index (κ1) is 12.3. The summed E-state index contributed by atoms with van der Waals surface area (Å²) in [6.45, 7) is 1.66. The van der Waals surface area contributed by atoms with Crippen LogP contribution in [0, 0.1) is 6.92 Å². The van der Waals surface area contributed by atoms with E-state index in [1.807, 2.05) is 31.2 Å². The summed E-state index contributed by atoms with van der Waals surface area (Å²) < 4.78 is 0. The molecule has 18 heavy (non-hydrogen) atoms. The highest BCUT2D eigenvalue weighted by molar-refractivity contribution is 5.92. The van der Waals surface area contributed by atoms with Crippen molar-refractivity contribution in [3.05, 3.63) is 41.2 Å². The van der Waals surface area contributed by atoms with Gasteiger partial charge in [-0.25, -0.2) is 0 Å². The quantitative estimate of drug-likeness (QED) is 0.823. The molecule has 0 aliphatic carbocycles. The maximum absolute atomic E-state index is 11.6. The Labute approximate surface area is 104 Å². The maximum Gasteiger partial charge on any atom is 0.273 e. The van der Waals surface area contributed by atoms with Crippen molar-refractivity contribution in [2.75, 3.05) is 7.05 Å². The van der Waals surface area contributed by atoms with Crippen molar-refractivity contribution in [2.45, 2.75) is 13.5 Å². The van der Waals surface area contributed by atoms with Gasteiger partial charge in [0, 0.05) is 7.05 Å². The van der Waals surface area contributed by atoms with Crippen LogP contribution < -0.4 is 5.32 Å². The van der Waals surface area contributed by atoms with E-state index in [0.29, 0.717) is 0 Å². The Morgan fingerprint density at radius 3 is 2.56 bits per heavy atom. The van der Waals surface area contributed by atoms with Crippen LogP contribution in [0.3, 0.4) is 0 Å². The largest absolute Gasteiger partial charge is 0.390 e. The fraction of sp³-hybridized carbons (Fsp3) is 0.250. The van der Waals surface area contributed by atoms with E-state index >= 15 is 0 Å². The second-order valence-corrected chi connectivity index (χ2v) is 3.86. The molecule has 0 fully saturated rings. The fourth-order valence-corrected chi connectivity index (χ4v) is 1.53. The normalized spacial score (nSPS) is 10.4. The lowest BCUT2D eigenvalue weighted by Gasteiger charge is -1.99. The highest BCUT2D eigenvalue weighted by Gasteiger charge is 2.17. The molecule has 1 aromatic carbocycles. The van der Waals surface area contributed by atoms with Gasteiger partial charge in [0.15, 0.2) is 5.69 Å².